The average molecular weight is 440 g/mol. The number of carboxylic acids is 1. The lowest BCUT2D eigenvalue weighted by molar-refractivity contribution is -0.146. The molecule has 3 rings (SSSR count). The maximum absolute atomic E-state index is 13.3. The Bertz CT molecular complexity index is 962. The van der Waals surface area contributed by atoms with Crippen LogP contribution in [0, 0.1) is 6.92 Å². The van der Waals surface area contributed by atoms with Gasteiger partial charge >= 0.3 is 11.9 Å². The molecular formula is C24H28N2O6. The first kappa shape index (κ1) is 23.3. The number of amides is 1. The smallest absolute Gasteiger partial charge is 0.323 e. The van der Waals surface area contributed by atoms with Crippen molar-refractivity contribution in [3.8, 4) is 5.75 Å². The number of carbonyl (C=O) groups is 3. The molecular weight excluding hydrogens is 412 g/mol. The van der Waals surface area contributed by atoms with Crippen LogP contribution in [-0.4, -0.2) is 54.8 Å². The first-order valence-electron chi connectivity index (χ1n) is 10.6. The lowest BCUT2D eigenvalue weighted by atomic mass is 10.0. The number of carbonyl (C=O) groups excluding carboxylic acids is 2. The third-order valence-electron chi connectivity index (χ3n) is 5.21. The van der Waals surface area contributed by atoms with Gasteiger partial charge in [0.05, 0.1) is 12.3 Å². The average Bonchev–Trinajstić information content (AvgIpc) is 2.89. The number of anilines is 1. The van der Waals surface area contributed by atoms with Crippen LogP contribution in [0.1, 0.15) is 24.5 Å². The molecule has 2 atom stereocenters. The summed E-state index contributed by atoms with van der Waals surface area (Å²) in [4.78, 5) is 38.6. The monoisotopic (exact) mass is 440 g/mol. The Kier molecular flexibility index (Phi) is 7.83. The van der Waals surface area contributed by atoms with Crippen LogP contribution in [0.25, 0.3) is 0 Å². The molecule has 0 radical (unpaired) electrons. The van der Waals surface area contributed by atoms with E-state index in [9.17, 15) is 19.5 Å². The quantitative estimate of drug-likeness (QED) is 0.577. The molecule has 0 spiro atoms. The van der Waals surface area contributed by atoms with Crippen LogP contribution in [0.15, 0.2) is 48.5 Å². The van der Waals surface area contributed by atoms with Crippen molar-refractivity contribution in [2.75, 3.05) is 24.7 Å². The zero-order valence-corrected chi connectivity index (χ0v) is 18.2. The van der Waals surface area contributed by atoms with Crippen molar-refractivity contribution in [3.05, 3.63) is 59.7 Å². The Hall–Kier alpha value is -3.39. The van der Waals surface area contributed by atoms with E-state index >= 15 is 0 Å². The van der Waals surface area contributed by atoms with Crippen molar-refractivity contribution in [1.29, 1.82) is 0 Å². The SMILES string of the molecule is CCOC(=O)C(CCc1ccccc1)N[C@H]1COc2ccc(C)cc2N(CC(=O)O)C1=O. The fourth-order valence-electron chi connectivity index (χ4n) is 3.64. The maximum atomic E-state index is 13.3. The molecule has 170 valence electrons. The number of nitrogens with zero attached hydrogens (tertiary/aromatic N) is 1. The van der Waals surface area contributed by atoms with Gasteiger partial charge in [0.2, 0.25) is 5.91 Å². The molecule has 32 heavy (non-hydrogen) atoms. The van der Waals surface area contributed by atoms with E-state index in [1.165, 1.54) is 4.90 Å². The van der Waals surface area contributed by atoms with Crippen LogP contribution >= 0.6 is 0 Å². The van der Waals surface area contributed by atoms with Crippen molar-refractivity contribution >= 4 is 23.5 Å². The topological polar surface area (TPSA) is 105 Å². The molecule has 8 heteroatoms. The van der Waals surface area contributed by atoms with Crippen LogP contribution in [0.5, 0.6) is 5.75 Å². The summed E-state index contributed by atoms with van der Waals surface area (Å²) < 4.78 is 11.0. The minimum Gasteiger partial charge on any atom is -0.489 e. The number of rotatable bonds is 9. The minimum absolute atomic E-state index is 0.0355. The molecule has 1 amide bonds. The molecule has 1 aliphatic heterocycles. The van der Waals surface area contributed by atoms with Gasteiger partial charge in [-0.3, -0.25) is 24.6 Å². The van der Waals surface area contributed by atoms with Crippen molar-refractivity contribution in [2.24, 2.45) is 0 Å². The summed E-state index contributed by atoms with van der Waals surface area (Å²) in [6.07, 6.45) is 1.02. The van der Waals surface area contributed by atoms with Crippen molar-refractivity contribution < 1.29 is 29.0 Å². The number of carboxylic acid groups (broad SMARTS) is 1. The van der Waals surface area contributed by atoms with Gasteiger partial charge in [0, 0.05) is 0 Å². The van der Waals surface area contributed by atoms with E-state index in [1.54, 1.807) is 19.1 Å². The van der Waals surface area contributed by atoms with E-state index in [4.69, 9.17) is 9.47 Å². The molecule has 0 aromatic heterocycles. The maximum Gasteiger partial charge on any atom is 0.323 e. The molecule has 2 aromatic rings. The second-order valence-electron chi connectivity index (χ2n) is 7.65. The molecule has 0 saturated carbocycles. The number of benzene rings is 2. The first-order chi connectivity index (χ1) is 15.4. The van der Waals surface area contributed by atoms with Gasteiger partial charge < -0.3 is 14.6 Å². The van der Waals surface area contributed by atoms with Gasteiger partial charge in [0.1, 0.15) is 31.0 Å². The van der Waals surface area contributed by atoms with Crippen molar-refractivity contribution in [3.63, 3.8) is 0 Å². The van der Waals surface area contributed by atoms with E-state index in [0.717, 1.165) is 11.1 Å². The van der Waals surface area contributed by atoms with E-state index in [-0.39, 0.29) is 13.2 Å². The van der Waals surface area contributed by atoms with Crippen LogP contribution in [0.3, 0.4) is 0 Å². The number of hydrogen-bond acceptors (Lipinski definition) is 6. The van der Waals surface area contributed by atoms with Crippen LogP contribution in [-0.2, 0) is 25.5 Å². The van der Waals surface area contributed by atoms with Gasteiger partial charge in [-0.1, -0.05) is 36.4 Å². The Balaban J connectivity index is 1.82. The van der Waals surface area contributed by atoms with E-state index in [0.29, 0.717) is 24.3 Å². The summed E-state index contributed by atoms with van der Waals surface area (Å²) in [6, 6.07) is 13.3. The molecule has 1 unspecified atom stereocenters. The van der Waals surface area contributed by atoms with Gasteiger partial charge in [-0.05, 0) is 49.9 Å². The molecule has 2 N–H and O–H groups in total. The third-order valence-corrected chi connectivity index (χ3v) is 5.21. The number of hydrogen-bond donors (Lipinski definition) is 2. The normalized spacial score (nSPS) is 16.5. The van der Waals surface area contributed by atoms with E-state index < -0.39 is 36.5 Å². The van der Waals surface area contributed by atoms with E-state index in [1.807, 2.05) is 43.3 Å². The summed E-state index contributed by atoms with van der Waals surface area (Å²) in [5.41, 5.74) is 2.33. The van der Waals surface area contributed by atoms with Gasteiger partial charge in [-0.2, -0.15) is 0 Å². The predicted molar refractivity (Wildman–Crippen MR) is 119 cm³/mol. The summed E-state index contributed by atoms with van der Waals surface area (Å²) in [6.45, 7) is 3.24. The van der Waals surface area contributed by atoms with Gasteiger partial charge in [0.25, 0.3) is 0 Å². The Morgan fingerprint density at radius 3 is 2.69 bits per heavy atom. The Morgan fingerprint density at radius 1 is 1.25 bits per heavy atom. The highest BCUT2D eigenvalue weighted by molar-refractivity contribution is 6.02. The zero-order chi connectivity index (χ0) is 23.1. The third kappa shape index (κ3) is 5.85. The molecule has 8 nitrogen and oxygen atoms in total. The van der Waals surface area contributed by atoms with Crippen molar-refractivity contribution in [2.45, 2.75) is 38.8 Å². The molecule has 0 aliphatic carbocycles. The fraction of sp³-hybridized carbons (Fsp3) is 0.375. The highest BCUT2D eigenvalue weighted by Crippen LogP contribution is 2.32. The highest BCUT2D eigenvalue weighted by Gasteiger charge is 2.35. The fourth-order valence-corrected chi connectivity index (χ4v) is 3.64. The van der Waals surface area contributed by atoms with Gasteiger partial charge in [-0.15, -0.1) is 0 Å². The number of nitrogens with one attached hydrogen (secondary N) is 1. The van der Waals surface area contributed by atoms with E-state index in [2.05, 4.69) is 5.32 Å². The Labute approximate surface area is 187 Å². The molecule has 0 saturated heterocycles. The Morgan fingerprint density at radius 2 is 2.00 bits per heavy atom. The van der Waals surface area contributed by atoms with Crippen LogP contribution in [0.4, 0.5) is 5.69 Å². The molecule has 1 heterocycles. The van der Waals surface area contributed by atoms with Crippen LogP contribution in [0.2, 0.25) is 0 Å². The summed E-state index contributed by atoms with van der Waals surface area (Å²) in [5, 5.41) is 12.4. The lowest BCUT2D eigenvalue weighted by Gasteiger charge is -2.26. The predicted octanol–water partition coefficient (Wildman–Crippen LogP) is 2.33. The second kappa shape index (κ2) is 10.8. The molecule has 2 aromatic carbocycles. The highest BCUT2D eigenvalue weighted by atomic mass is 16.5. The van der Waals surface area contributed by atoms with Gasteiger partial charge in [0.15, 0.2) is 0 Å². The summed E-state index contributed by atoms with van der Waals surface area (Å²) in [7, 11) is 0. The number of aryl methyl sites for hydroxylation is 2. The molecule has 0 bridgehead atoms. The number of ether oxygens (including phenoxy) is 2. The largest absolute Gasteiger partial charge is 0.489 e. The zero-order valence-electron chi connectivity index (χ0n) is 18.2. The van der Waals surface area contributed by atoms with Crippen molar-refractivity contribution in [1.82, 2.24) is 5.32 Å². The second-order valence-corrected chi connectivity index (χ2v) is 7.65. The first-order valence-corrected chi connectivity index (χ1v) is 10.6. The number of fused-ring (bicyclic) bond motifs is 1. The van der Waals surface area contributed by atoms with Crippen LogP contribution < -0.4 is 15.0 Å². The molecule has 1 aliphatic rings. The minimum atomic E-state index is -1.14. The standard InChI is InChI=1S/C24H28N2O6/c1-3-31-24(30)18(11-10-17-7-5-4-6-8-17)25-19-15-32-21-12-9-16(2)13-20(21)26(23(19)29)14-22(27)28/h4-9,12-13,18-19,25H,3,10-11,14-15H2,1-2H3,(H,27,28)/t18?,19-/m0/s1. The molecule has 0 fully saturated rings. The number of aliphatic carboxylic acids is 1. The number of esters is 1. The summed E-state index contributed by atoms with van der Waals surface area (Å²) in [5.74, 6) is -1.65. The lowest BCUT2D eigenvalue weighted by Crippen LogP contribution is -2.55. The van der Waals surface area contributed by atoms with Gasteiger partial charge in [-0.25, -0.2) is 0 Å². The summed E-state index contributed by atoms with van der Waals surface area (Å²) >= 11 is 0.